The Morgan fingerprint density at radius 3 is 2.81 bits per heavy atom. The molecule has 1 aromatic rings. The molecule has 0 aliphatic heterocycles. The van der Waals surface area contributed by atoms with Gasteiger partial charge in [-0.05, 0) is 24.1 Å². The molecule has 0 heterocycles. The molecular weight excluding hydrogens is 271 g/mol. The molecule has 0 bridgehead atoms. The highest BCUT2D eigenvalue weighted by molar-refractivity contribution is 5.87. The van der Waals surface area contributed by atoms with Gasteiger partial charge in [-0.15, -0.1) is 0 Å². The first kappa shape index (κ1) is 16.7. The number of rotatable bonds is 7. The van der Waals surface area contributed by atoms with E-state index in [1.807, 2.05) is 18.7 Å². The molecule has 4 nitrogen and oxygen atoms in total. The summed E-state index contributed by atoms with van der Waals surface area (Å²) < 4.78 is 14.0. The molecule has 0 atom stereocenters. The number of hydrogen-bond acceptors (Lipinski definition) is 3. The average molecular weight is 290 g/mol. The topological polar surface area (TPSA) is 64.3 Å². The Labute approximate surface area is 124 Å². The van der Waals surface area contributed by atoms with E-state index < -0.39 is 11.8 Å². The van der Waals surface area contributed by atoms with Crippen LogP contribution in [0.15, 0.2) is 24.3 Å². The highest BCUT2D eigenvalue weighted by Crippen LogP contribution is 2.25. The lowest BCUT2D eigenvalue weighted by molar-refractivity contribution is -0.131. The van der Waals surface area contributed by atoms with Gasteiger partial charge in [0.15, 0.2) is 0 Å². The Balaban J connectivity index is 3.20. The SMILES string of the molecule is CC(C)CN(CCC#N)c1cccc(F)c1/C=C/C(=O)O. The van der Waals surface area contributed by atoms with E-state index in [9.17, 15) is 9.18 Å². The van der Waals surface area contributed by atoms with E-state index in [-0.39, 0.29) is 5.56 Å². The Bertz CT molecular complexity index is 562. The third kappa shape index (κ3) is 5.27. The van der Waals surface area contributed by atoms with Crippen molar-refractivity contribution in [2.45, 2.75) is 20.3 Å². The van der Waals surface area contributed by atoms with Gasteiger partial charge in [-0.3, -0.25) is 0 Å². The van der Waals surface area contributed by atoms with Crippen LogP contribution in [0.1, 0.15) is 25.8 Å². The molecule has 0 amide bonds. The van der Waals surface area contributed by atoms with E-state index in [1.54, 1.807) is 12.1 Å². The Hall–Kier alpha value is -2.35. The van der Waals surface area contributed by atoms with Crippen molar-refractivity contribution in [3.8, 4) is 6.07 Å². The maximum Gasteiger partial charge on any atom is 0.328 e. The summed E-state index contributed by atoms with van der Waals surface area (Å²) in [6.07, 6.45) is 2.50. The molecule has 0 unspecified atom stereocenters. The van der Waals surface area contributed by atoms with Crippen LogP contribution in [-0.2, 0) is 4.79 Å². The summed E-state index contributed by atoms with van der Waals surface area (Å²) in [5, 5.41) is 17.5. The van der Waals surface area contributed by atoms with Crippen LogP contribution in [0.4, 0.5) is 10.1 Å². The highest BCUT2D eigenvalue weighted by atomic mass is 19.1. The smallest absolute Gasteiger partial charge is 0.328 e. The minimum absolute atomic E-state index is 0.235. The van der Waals surface area contributed by atoms with Crippen LogP contribution < -0.4 is 4.90 Å². The van der Waals surface area contributed by atoms with Crippen molar-refractivity contribution in [2.24, 2.45) is 5.92 Å². The zero-order valence-corrected chi connectivity index (χ0v) is 12.2. The lowest BCUT2D eigenvalue weighted by Crippen LogP contribution is -2.29. The first-order valence-electron chi connectivity index (χ1n) is 6.77. The number of carbonyl (C=O) groups is 1. The van der Waals surface area contributed by atoms with Gasteiger partial charge in [0.2, 0.25) is 0 Å². The molecule has 0 aliphatic rings. The molecule has 1 rings (SSSR count). The van der Waals surface area contributed by atoms with Gasteiger partial charge >= 0.3 is 5.97 Å². The Morgan fingerprint density at radius 1 is 1.52 bits per heavy atom. The number of carboxylic acids is 1. The van der Waals surface area contributed by atoms with Gasteiger partial charge < -0.3 is 10.0 Å². The van der Waals surface area contributed by atoms with Crippen molar-refractivity contribution in [3.63, 3.8) is 0 Å². The summed E-state index contributed by atoms with van der Waals surface area (Å²) in [4.78, 5) is 12.6. The monoisotopic (exact) mass is 290 g/mol. The number of nitrogens with zero attached hydrogens (tertiary/aromatic N) is 2. The van der Waals surface area contributed by atoms with E-state index >= 15 is 0 Å². The molecule has 5 heteroatoms. The van der Waals surface area contributed by atoms with Crippen molar-refractivity contribution in [1.82, 2.24) is 0 Å². The van der Waals surface area contributed by atoms with Crippen LogP contribution in [0, 0.1) is 23.1 Å². The maximum atomic E-state index is 14.0. The lowest BCUT2D eigenvalue weighted by atomic mass is 10.1. The quantitative estimate of drug-likeness (QED) is 0.783. The fraction of sp³-hybridized carbons (Fsp3) is 0.375. The second-order valence-corrected chi connectivity index (χ2v) is 5.09. The molecule has 0 saturated heterocycles. The standard InChI is InChI=1S/C16H19FN2O2/c1-12(2)11-19(10-4-9-18)15-6-3-5-14(17)13(15)7-8-16(20)21/h3,5-8,12H,4,10-11H2,1-2H3,(H,20,21)/b8-7+. The van der Waals surface area contributed by atoms with E-state index in [0.29, 0.717) is 31.1 Å². The van der Waals surface area contributed by atoms with E-state index in [4.69, 9.17) is 10.4 Å². The van der Waals surface area contributed by atoms with Gasteiger partial charge in [0, 0.05) is 30.4 Å². The molecule has 1 N–H and O–H groups in total. The number of halogens is 1. The van der Waals surface area contributed by atoms with Crippen LogP contribution >= 0.6 is 0 Å². The third-order valence-corrected chi connectivity index (χ3v) is 2.84. The number of anilines is 1. The number of benzene rings is 1. The summed E-state index contributed by atoms with van der Waals surface area (Å²) in [5.74, 6) is -1.27. The molecule has 21 heavy (non-hydrogen) atoms. The molecule has 0 aliphatic carbocycles. The molecule has 0 radical (unpaired) electrons. The first-order valence-corrected chi connectivity index (χ1v) is 6.77. The lowest BCUT2D eigenvalue weighted by Gasteiger charge is -2.27. The number of aliphatic carboxylic acids is 1. The largest absolute Gasteiger partial charge is 0.478 e. The van der Waals surface area contributed by atoms with Crippen LogP contribution in [0.2, 0.25) is 0 Å². The van der Waals surface area contributed by atoms with E-state index in [2.05, 4.69) is 6.07 Å². The summed E-state index contributed by atoms with van der Waals surface area (Å²) in [5.41, 5.74) is 0.843. The molecule has 112 valence electrons. The number of nitriles is 1. The van der Waals surface area contributed by atoms with Gasteiger partial charge in [0.25, 0.3) is 0 Å². The normalized spacial score (nSPS) is 10.8. The van der Waals surface area contributed by atoms with Crippen LogP contribution in [0.5, 0.6) is 0 Å². The van der Waals surface area contributed by atoms with Crippen molar-refractivity contribution < 1.29 is 14.3 Å². The highest BCUT2D eigenvalue weighted by Gasteiger charge is 2.14. The van der Waals surface area contributed by atoms with Crippen molar-refractivity contribution in [1.29, 1.82) is 5.26 Å². The van der Waals surface area contributed by atoms with Crippen LogP contribution in [-0.4, -0.2) is 24.2 Å². The molecule has 0 saturated carbocycles. The summed E-state index contributed by atoms with van der Waals surface area (Å²) in [7, 11) is 0. The predicted molar refractivity (Wildman–Crippen MR) is 80.4 cm³/mol. The molecule has 1 aromatic carbocycles. The maximum absolute atomic E-state index is 14.0. The fourth-order valence-corrected chi connectivity index (χ4v) is 2.06. The van der Waals surface area contributed by atoms with Gasteiger partial charge in [-0.2, -0.15) is 5.26 Å². The molecule has 0 fully saturated rings. The summed E-state index contributed by atoms with van der Waals surface area (Å²) in [6, 6.07) is 6.70. The number of carboxylic acid groups (broad SMARTS) is 1. The van der Waals surface area contributed by atoms with Crippen LogP contribution in [0.3, 0.4) is 0 Å². The second kappa shape index (κ2) is 8.05. The summed E-state index contributed by atoms with van der Waals surface area (Å²) in [6.45, 7) is 5.21. The van der Waals surface area contributed by atoms with Gasteiger partial charge in [0.1, 0.15) is 5.82 Å². The van der Waals surface area contributed by atoms with Crippen molar-refractivity contribution >= 4 is 17.7 Å². The average Bonchev–Trinajstić information content (AvgIpc) is 2.41. The minimum atomic E-state index is -1.13. The Morgan fingerprint density at radius 2 is 2.24 bits per heavy atom. The fourth-order valence-electron chi connectivity index (χ4n) is 2.06. The molecule has 0 aromatic heterocycles. The van der Waals surface area contributed by atoms with Gasteiger partial charge in [-0.1, -0.05) is 19.9 Å². The second-order valence-electron chi connectivity index (χ2n) is 5.09. The molecular formula is C16H19FN2O2. The predicted octanol–water partition coefficient (Wildman–Crippen LogP) is 3.30. The summed E-state index contributed by atoms with van der Waals surface area (Å²) >= 11 is 0. The zero-order valence-electron chi connectivity index (χ0n) is 12.2. The zero-order chi connectivity index (χ0) is 15.8. The number of hydrogen-bond donors (Lipinski definition) is 1. The third-order valence-electron chi connectivity index (χ3n) is 2.84. The minimum Gasteiger partial charge on any atom is -0.478 e. The van der Waals surface area contributed by atoms with Gasteiger partial charge in [-0.25, -0.2) is 9.18 Å². The van der Waals surface area contributed by atoms with E-state index in [1.165, 1.54) is 12.1 Å². The van der Waals surface area contributed by atoms with Gasteiger partial charge in [0.05, 0.1) is 12.5 Å². The van der Waals surface area contributed by atoms with Crippen molar-refractivity contribution in [3.05, 3.63) is 35.7 Å². The Kier molecular flexibility index (Phi) is 6.41. The first-order chi connectivity index (χ1) is 9.95. The van der Waals surface area contributed by atoms with E-state index in [0.717, 1.165) is 6.08 Å². The van der Waals surface area contributed by atoms with Crippen LogP contribution in [0.25, 0.3) is 6.08 Å². The molecule has 0 spiro atoms. The van der Waals surface area contributed by atoms with Crippen molar-refractivity contribution in [2.75, 3.05) is 18.0 Å².